The molecule has 1 aliphatic rings. The summed E-state index contributed by atoms with van der Waals surface area (Å²) >= 11 is 0. The van der Waals surface area contributed by atoms with Crippen LogP contribution >= 0.6 is 0 Å². The molecular formula is C23H23N3O3. The number of hydrogen-bond donors (Lipinski definition) is 0. The van der Waals surface area contributed by atoms with Gasteiger partial charge in [-0.1, -0.05) is 24.3 Å². The van der Waals surface area contributed by atoms with Gasteiger partial charge in [-0.2, -0.15) is 0 Å². The number of carbonyl (C=O) groups is 2. The van der Waals surface area contributed by atoms with E-state index in [2.05, 4.69) is 4.98 Å². The second kappa shape index (κ2) is 8.39. The number of para-hydroxylation sites is 1. The van der Waals surface area contributed by atoms with E-state index >= 15 is 0 Å². The Hall–Kier alpha value is -3.28. The van der Waals surface area contributed by atoms with Gasteiger partial charge in [-0.25, -0.2) is 4.98 Å². The average molecular weight is 389 g/mol. The third-order valence-electron chi connectivity index (χ3n) is 5.28. The van der Waals surface area contributed by atoms with E-state index in [9.17, 15) is 9.59 Å². The molecule has 148 valence electrons. The summed E-state index contributed by atoms with van der Waals surface area (Å²) < 4.78 is 5.13. The number of amides is 1. The summed E-state index contributed by atoms with van der Waals surface area (Å²) in [5.74, 6) is -0.327. The normalized spacial score (nSPS) is 14.7. The van der Waals surface area contributed by atoms with E-state index in [1.165, 1.54) is 0 Å². The number of aromatic nitrogens is 2. The van der Waals surface area contributed by atoms with Crippen molar-refractivity contribution >= 4 is 22.8 Å². The van der Waals surface area contributed by atoms with E-state index in [1.807, 2.05) is 60.4 Å². The fourth-order valence-corrected chi connectivity index (χ4v) is 3.75. The van der Waals surface area contributed by atoms with Gasteiger partial charge in [0.05, 0.1) is 35.0 Å². The average Bonchev–Trinajstić information content (AvgIpc) is 2.78. The molecule has 6 nitrogen and oxygen atoms in total. The summed E-state index contributed by atoms with van der Waals surface area (Å²) in [4.78, 5) is 36.2. The molecule has 1 aliphatic heterocycles. The summed E-state index contributed by atoms with van der Waals surface area (Å²) in [6, 6.07) is 15.1. The largest absolute Gasteiger partial charge is 0.466 e. The first-order valence-electron chi connectivity index (χ1n) is 9.94. The van der Waals surface area contributed by atoms with Crippen molar-refractivity contribution in [2.45, 2.75) is 19.8 Å². The van der Waals surface area contributed by atoms with Gasteiger partial charge in [0.2, 0.25) is 0 Å². The van der Waals surface area contributed by atoms with E-state index in [4.69, 9.17) is 9.72 Å². The van der Waals surface area contributed by atoms with Gasteiger partial charge < -0.3 is 9.64 Å². The lowest BCUT2D eigenvalue weighted by Gasteiger charge is -2.31. The van der Waals surface area contributed by atoms with Crippen LogP contribution in [0.1, 0.15) is 30.1 Å². The summed E-state index contributed by atoms with van der Waals surface area (Å²) in [7, 11) is 0. The van der Waals surface area contributed by atoms with Crippen LogP contribution in [0.25, 0.3) is 22.3 Å². The molecule has 1 saturated heterocycles. The number of esters is 1. The number of ether oxygens (including phenoxy) is 1. The highest BCUT2D eigenvalue weighted by molar-refractivity contribution is 6.07. The van der Waals surface area contributed by atoms with Crippen LogP contribution < -0.4 is 0 Å². The minimum absolute atomic E-state index is 0.0388. The molecule has 0 spiro atoms. The van der Waals surface area contributed by atoms with Gasteiger partial charge in [-0.15, -0.1) is 0 Å². The maximum Gasteiger partial charge on any atom is 0.309 e. The molecular weight excluding hydrogens is 366 g/mol. The Morgan fingerprint density at radius 2 is 1.83 bits per heavy atom. The highest BCUT2D eigenvalue weighted by Crippen LogP contribution is 2.27. The smallest absolute Gasteiger partial charge is 0.309 e. The summed E-state index contributed by atoms with van der Waals surface area (Å²) in [5, 5.41) is 0.824. The Kier molecular flexibility index (Phi) is 5.51. The zero-order valence-electron chi connectivity index (χ0n) is 16.4. The number of carbonyl (C=O) groups excluding carboxylic acids is 2. The number of nitrogens with zero attached hydrogens (tertiary/aromatic N) is 3. The Balaban J connectivity index is 1.63. The van der Waals surface area contributed by atoms with Gasteiger partial charge in [0.1, 0.15) is 0 Å². The monoisotopic (exact) mass is 389 g/mol. The number of pyridine rings is 2. The Morgan fingerprint density at radius 3 is 2.55 bits per heavy atom. The number of hydrogen-bond acceptors (Lipinski definition) is 5. The van der Waals surface area contributed by atoms with E-state index in [-0.39, 0.29) is 17.8 Å². The predicted octanol–water partition coefficient (Wildman–Crippen LogP) is 3.71. The van der Waals surface area contributed by atoms with Crippen LogP contribution in [-0.2, 0) is 9.53 Å². The molecule has 1 fully saturated rings. The molecule has 0 N–H and O–H groups in total. The first kappa shape index (κ1) is 19.1. The lowest BCUT2D eigenvalue weighted by Crippen LogP contribution is -2.40. The quantitative estimate of drug-likeness (QED) is 0.636. The molecule has 4 rings (SSSR count). The fraction of sp³-hybridized carbons (Fsp3) is 0.304. The van der Waals surface area contributed by atoms with Gasteiger partial charge in [0.25, 0.3) is 5.91 Å². The van der Waals surface area contributed by atoms with Gasteiger partial charge in [-0.3, -0.25) is 14.6 Å². The second-order valence-electron chi connectivity index (χ2n) is 7.11. The van der Waals surface area contributed by atoms with Crippen LogP contribution in [0.15, 0.2) is 54.7 Å². The number of piperidine rings is 1. The van der Waals surface area contributed by atoms with Crippen LogP contribution in [0.2, 0.25) is 0 Å². The fourth-order valence-electron chi connectivity index (χ4n) is 3.75. The molecule has 0 bridgehead atoms. The highest BCUT2D eigenvalue weighted by Gasteiger charge is 2.29. The molecule has 2 aromatic heterocycles. The maximum atomic E-state index is 13.4. The van der Waals surface area contributed by atoms with Gasteiger partial charge in [-0.05, 0) is 44.0 Å². The van der Waals surface area contributed by atoms with E-state index in [1.54, 1.807) is 6.20 Å². The zero-order valence-corrected chi connectivity index (χ0v) is 16.4. The molecule has 29 heavy (non-hydrogen) atoms. The van der Waals surface area contributed by atoms with Crippen LogP contribution in [0, 0.1) is 5.92 Å². The van der Waals surface area contributed by atoms with Crippen LogP contribution in [0.5, 0.6) is 0 Å². The molecule has 3 heterocycles. The lowest BCUT2D eigenvalue weighted by atomic mass is 9.96. The van der Waals surface area contributed by atoms with Gasteiger partial charge in [0, 0.05) is 24.7 Å². The molecule has 1 amide bonds. The van der Waals surface area contributed by atoms with E-state index in [0.29, 0.717) is 43.8 Å². The molecule has 0 aliphatic carbocycles. The van der Waals surface area contributed by atoms with Crippen molar-refractivity contribution < 1.29 is 14.3 Å². The van der Waals surface area contributed by atoms with E-state index < -0.39 is 0 Å². The standard InChI is InChI=1S/C23H23N3O3/c1-2-29-23(28)16-10-13-26(14-11-16)22(27)18-15-21(20-9-5-6-12-24-20)25-19-8-4-3-7-17(18)19/h3-9,12,15-16H,2,10-11,13-14H2,1H3. The third-order valence-corrected chi connectivity index (χ3v) is 5.28. The van der Waals surface area contributed by atoms with Crippen molar-refractivity contribution in [3.05, 3.63) is 60.3 Å². The summed E-state index contributed by atoms with van der Waals surface area (Å²) in [6.07, 6.45) is 2.97. The Morgan fingerprint density at radius 1 is 1.07 bits per heavy atom. The Bertz CT molecular complexity index is 1030. The van der Waals surface area contributed by atoms with Crippen LogP contribution in [0.3, 0.4) is 0 Å². The van der Waals surface area contributed by atoms with Crippen molar-refractivity contribution in [1.29, 1.82) is 0 Å². The minimum atomic E-state index is -0.161. The molecule has 1 aromatic carbocycles. The number of rotatable bonds is 4. The molecule has 0 unspecified atom stereocenters. The number of likely N-dealkylation sites (tertiary alicyclic amines) is 1. The maximum absolute atomic E-state index is 13.4. The minimum Gasteiger partial charge on any atom is -0.466 e. The van der Waals surface area contributed by atoms with Crippen LogP contribution in [0.4, 0.5) is 0 Å². The number of fused-ring (bicyclic) bond motifs is 1. The first-order valence-corrected chi connectivity index (χ1v) is 9.94. The van der Waals surface area contributed by atoms with Crippen molar-refractivity contribution in [2.75, 3.05) is 19.7 Å². The lowest BCUT2D eigenvalue weighted by molar-refractivity contribution is -0.149. The molecule has 3 aromatic rings. The molecule has 0 atom stereocenters. The topological polar surface area (TPSA) is 72.4 Å². The third kappa shape index (κ3) is 3.97. The molecule has 6 heteroatoms. The Labute approximate surface area is 169 Å². The summed E-state index contributed by atoms with van der Waals surface area (Å²) in [6.45, 7) is 3.28. The van der Waals surface area contributed by atoms with Crippen molar-refractivity contribution in [3.63, 3.8) is 0 Å². The number of benzene rings is 1. The van der Waals surface area contributed by atoms with Crippen LogP contribution in [-0.4, -0.2) is 46.4 Å². The SMILES string of the molecule is CCOC(=O)C1CCN(C(=O)c2cc(-c3ccccn3)nc3ccccc23)CC1. The molecule has 0 saturated carbocycles. The van der Waals surface area contributed by atoms with Gasteiger partial charge in [0.15, 0.2) is 0 Å². The molecule has 0 radical (unpaired) electrons. The highest BCUT2D eigenvalue weighted by atomic mass is 16.5. The van der Waals surface area contributed by atoms with E-state index in [0.717, 1.165) is 16.6 Å². The van der Waals surface area contributed by atoms with Crippen molar-refractivity contribution in [2.24, 2.45) is 5.92 Å². The van der Waals surface area contributed by atoms with Gasteiger partial charge >= 0.3 is 5.97 Å². The predicted molar refractivity (Wildman–Crippen MR) is 110 cm³/mol. The second-order valence-corrected chi connectivity index (χ2v) is 7.11. The van der Waals surface area contributed by atoms with Crippen molar-refractivity contribution in [1.82, 2.24) is 14.9 Å². The first-order chi connectivity index (χ1) is 14.2. The zero-order chi connectivity index (χ0) is 20.2. The summed E-state index contributed by atoms with van der Waals surface area (Å²) in [5.41, 5.74) is 2.79. The van der Waals surface area contributed by atoms with Crippen molar-refractivity contribution in [3.8, 4) is 11.4 Å².